The highest BCUT2D eigenvalue weighted by Crippen LogP contribution is 2.30. The summed E-state index contributed by atoms with van der Waals surface area (Å²) < 4.78 is 27.1. The lowest BCUT2D eigenvalue weighted by Crippen LogP contribution is -2.52. The van der Waals surface area contributed by atoms with Gasteiger partial charge in [0.25, 0.3) is 10.0 Å². The highest BCUT2D eigenvalue weighted by atomic mass is 79.9. The van der Waals surface area contributed by atoms with E-state index in [1.807, 2.05) is 0 Å². The summed E-state index contributed by atoms with van der Waals surface area (Å²) in [4.78, 5) is 11.1. The Morgan fingerprint density at radius 2 is 2.06 bits per heavy atom. The molecule has 0 saturated heterocycles. The van der Waals surface area contributed by atoms with Crippen LogP contribution >= 0.6 is 27.3 Å². The number of nitrogens with one attached hydrogen (secondary N) is 1. The number of rotatable bonds is 4. The molecular weight excluding hydrogens is 328 g/mol. The quantitative estimate of drug-likeness (QED) is 0.867. The lowest BCUT2D eigenvalue weighted by Gasteiger charge is -2.21. The van der Waals surface area contributed by atoms with Crippen molar-refractivity contribution in [2.24, 2.45) is 5.73 Å². The van der Waals surface area contributed by atoms with Gasteiger partial charge in [0.2, 0.25) is 5.91 Å². The van der Waals surface area contributed by atoms with Gasteiger partial charge in [-0.2, -0.15) is 4.72 Å². The van der Waals surface area contributed by atoms with Crippen LogP contribution in [0.25, 0.3) is 0 Å². The Morgan fingerprint density at radius 1 is 1.53 bits per heavy atom. The molecule has 17 heavy (non-hydrogen) atoms. The zero-order valence-corrected chi connectivity index (χ0v) is 12.8. The molecule has 0 aliphatic heterocycles. The normalized spacial score (nSPS) is 12.7. The summed E-state index contributed by atoms with van der Waals surface area (Å²) in [6.07, 6.45) is 0. The smallest absolute Gasteiger partial charge is 0.251 e. The van der Waals surface area contributed by atoms with Gasteiger partial charge in [-0.15, -0.1) is 11.3 Å². The van der Waals surface area contributed by atoms with Crippen molar-refractivity contribution in [3.63, 3.8) is 0 Å². The number of amides is 1. The van der Waals surface area contributed by atoms with Gasteiger partial charge in [-0.25, -0.2) is 8.42 Å². The molecule has 8 heteroatoms. The van der Waals surface area contributed by atoms with Gasteiger partial charge in [0.15, 0.2) is 0 Å². The van der Waals surface area contributed by atoms with E-state index in [1.165, 1.54) is 19.9 Å². The van der Waals surface area contributed by atoms with Crippen LogP contribution in [0.4, 0.5) is 0 Å². The molecule has 0 fully saturated rings. The Bertz CT molecular complexity index is 529. The van der Waals surface area contributed by atoms with Gasteiger partial charge in [-0.3, -0.25) is 4.79 Å². The van der Waals surface area contributed by atoms with Crippen LogP contribution in [0.2, 0.25) is 0 Å². The summed E-state index contributed by atoms with van der Waals surface area (Å²) in [5.74, 6) is -0.728. The average Bonchev–Trinajstić information content (AvgIpc) is 2.45. The number of primary amides is 1. The number of carbonyl (C=O) groups excluding carboxylic acids is 1. The fourth-order valence-corrected chi connectivity index (χ4v) is 4.61. The van der Waals surface area contributed by atoms with Crippen LogP contribution in [-0.4, -0.2) is 19.9 Å². The molecule has 0 spiro atoms. The number of nitrogens with two attached hydrogens (primary N) is 1. The Labute approximate surface area is 113 Å². The number of hydrogen-bond acceptors (Lipinski definition) is 4. The first kappa shape index (κ1) is 14.6. The van der Waals surface area contributed by atoms with Crippen molar-refractivity contribution >= 4 is 43.2 Å². The van der Waals surface area contributed by atoms with Crippen LogP contribution in [0.5, 0.6) is 0 Å². The van der Waals surface area contributed by atoms with Gasteiger partial charge in [-0.1, -0.05) is 0 Å². The molecule has 1 aromatic rings. The molecule has 1 amide bonds. The van der Waals surface area contributed by atoms with Gasteiger partial charge < -0.3 is 5.73 Å². The third kappa shape index (κ3) is 3.27. The molecule has 3 N–H and O–H groups in total. The minimum atomic E-state index is -3.73. The lowest BCUT2D eigenvalue weighted by molar-refractivity contribution is -0.122. The SMILES string of the molecule is Cc1cc(S(=O)(=O)NC(C)(C)C(N)=O)sc1Br. The van der Waals surface area contributed by atoms with Gasteiger partial charge in [-0.05, 0) is 48.3 Å². The van der Waals surface area contributed by atoms with E-state index in [9.17, 15) is 13.2 Å². The fraction of sp³-hybridized carbons (Fsp3) is 0.444. The molecule has 0 radical (unpaired) electrons. The van der Waals surface area contributed by atoms with Crippen LogP contribution in [0, 0.1) is 6.92 Å². The Hall–Kier alpha value is -0.440. The maximum atomic E-state index is 12.0. The summed E-state index contributed by atoms with van der Waals surface area (Å²) in [6, 6.07) is 1.54. The third-order valence-corrected chi connectivity index (χ3v) is 6.37. The number of hydrogen-bond donors (Lipinski definition) is 2. The van der Waals surface area contributed by atoms with E-state index < -0.39 is 21.5 Å². The molecule has 0 unspecified atom stereocenters. The predicted molar refractivity (Wildman–Crippen MR) is 70.4 cm³/mol. The Balaban J connectivity index is 3.09. The van der Waals surface area contributed by atoms with Crippen LogP contribution < -0.4 is 10.5 Å². The molecule has 96 valence electrons. The molecule has 0 aliphatic carbocycles. The molecule has 0 saturated carbocycles. The highest BCUT2D eigenvalue weighted by molar-refractivity contribution is 9.11. The van der Waals surface area contributed by atoms with Crippen molar-refractivity contribution in [2.45, 2.75) is 30.5 Å². The van der Waals surface area contributed by atoms with Gasteiger partial charge in [0, 0.05) is 0 Å². The second-order valence-corrected chi connectivity index (χ2v) is 8.40. The van der Waals surface area contributed by atoms with Crippen LogP contribution in [0.15, 0.2) is 14.1 Å². The molecule has 0 bridgehead atoms. The Kier molecular flexibility index (Phi) is 4.02. The summed E-state index contributed by atoms with van der Waals surface area (Å²) in [7, 11) is -3.73. The van der Waals surface area contributed by atoms with E-state index in [0.717, 1.165) is 20.7 Å². The van der Waals surface area contributed by atoms with Crippen molar-refractivity contribution in [1.29, 1.82) is 0 Å². The van der Waals surface area contributed by atoms with Crippen LogP contribution in [-0.2, 0) is 14.8 Å². The second-order valence-electron chi connectivity index (χ2n) is 4.12. The zero-order valence-electron chi connectivity index (χ0n) is 9.57. The fourth-order valence-electron chi connectivity index (χ4n) is 1.00. The third-order valence-electron chi connectivity index (χ3n) is 2.10. The van der Waals surface area contributed by atoms with E-state index in [2.05, 4.69) is 20.7 Å². The van der Waals surface area contributed by atoms with Crippen molar-refractivity contribution in [2.75, 3.05) is 0 Å². The van der Waals surface area contributed by atoms with E-state index in [1.54, 1.807) is 6.92 Å². The first-order chi connectivity index (χ1) is 7.56. The maximum absolute atomic E-state index is 12.0. The number of aryl methyl sites for hydroxylation is 1. The molecule has 1 aromatic heterocycles. The maximum Gasteiger partial charge on any atom is 0.251 e. The van der Waals surface area contributed by atoms with E-state index in [0.29, 0.717) is 0 Å². The monoisotopic (exact) mass is 340 g/mol. The van der Waals surface area contributed by atoms with Gasteiger partial charge >= 0.3 is 0 Å². The first-order valence-electron chi connectivity index (χ1n) is 4.66. The molecule has 1 rings (SSSR count). The number of sulfonamides is 1. The molecule has 1 heterocycles. The molecule has 5 nitrogen and oxygen atoms in total. The lowest BCUT2D eigenvalue weighted by atomic mass is 10.1. The molecule has 0 atom stereocenters. The van der Waals surface area contributed by atoms with Crippen molar-refractivity contribution in [3.05, 3.63) is 15.4 Å². The average molecular weight is 341 g/mol. The highest BCUT2D eigenvalue weighted by Gasteiger charge is 2.32. The minimum absolute atomic E-state index is 0.149. The van der Waals surface area contributed by atoms with E-state index >= 15 is 0 Å². The predicted octanol–water partition coefficient (Wildman–Crippen LogP) is 1.36. The molecular formula is C9H13BrN2O3S2. The summed E-state index contributed by atoms with van der Waals surface area (Å²) in [5.41, 5.74) is 4.63. The number of thiophene rings is 1. The van der Waals surface area contributed by atoms with Gasteiger partial charge in [0.05, 0.1) is 3.79 Å². The summed E-state index contributed by atoms with van der Waals surface area (Å²) >= 11 is 4.34. The topological polar surface area (TPSA) is 89.3 Å². The number of halogens is 1. The van der Waals surface area contributed by atoms with E-state index in [-0.39, 0.29) is 4.21 Å². The van der Waals surface area contributed by atoms with Gasteiger partial charge in [0.1, 0.15) is 9.75 Å². The standard InChI is InChI=1S/C9H13BrN2O3S2/c1-5-4-6(16-7(5)10)17(14,15)12-9(2,3)8(11)13/h4,12H,1-3H3,(H2,11,13). The zero-order chi connectivity index (χ0) is 13.4. The van der Waals surface area contributed by atoms with Crippen molar-refractivity contribution in [1.82, 2.24) is 4.72 Å². The van der Waals surface area contributed by atoms with Crippen LogP contribution in [0.1, 0.15) is 19.4 Å². The molecule has 0 aromatic carbocycles. The van der Waals surface area contributed by atoms with Crippen molar-refractivity contribution in [3.8, 4) is 0 Å². The van der Waals surface area contributed by atoms with Crippen LogP contribution in [0.3, 0.4) is 0 Å². The summed E-state index contributed by atoms with van der Waals surface area (Å²) in [5, 5.41) is 0. The Morgan fingerprint density at radius 3 is 2.41 bits per heavy atom. The van der Waals surface area contributed by atoms with E-state index in [4.69, 9.17) is 5.73 Å². The van der Waals surface area contributed by atoms with Crippen molar-refractivity contribution < 1.29 is 13.2 Å². The largest absolute Gasteiger partial charge is 0.368 e. The second kappa shape index (κ2) is 4.68. The molecule has 0 aliphatic rings. The number of carbonyl (C=O) groups is 1. The minimum Gasteiger partial charge on any atom is -0.368 e. The summed E-state index contributed by atoms with van der Waals surface area (Å²) in [6.45, 7) is 4.63. The first-order valence-corrected chi connectivity index (χ1v) is 7.75.